The first-order chi connectivity index (χ1) is 7.72. The first-order valence-corrected chi connectivity index (χ1v) is 5.47. The zero-order chi connectivity index (χ0) is 11.5. The van der Waals surface area contributed by atoms with Crippen LogP contribution in [-0.4, -0.2) is 4.98 Å². The maximum Gasteiger partial charge on any atom is 0.197 e. The molecular weight excluding hydrogens is 200 g/mol. The van der Waals surface area contributed by atoms with Crippen LogP contribution in [0.2, 0.25) is 0 Å². The Bertz CT molecular complexity index is 460. The van der Waals surface area contributed by atoms with Crippen molar-refractivity contribution < 1.29 is 4.42 Å². The maximum atomic E-state index is 5.67. The van der Waals surface area contributed by atoms with E-state index < -0.39 is 0 Å². The minimum absolute atomic E-state index is 0.280. The summed E-state index contributed by atoms with van der Waals surface area (Å²) < 4.78 is 5.64. The molecule has 0 amide bonds. The van der Waals surface area contributed by atoms with E-state index in [1.165, 1.54) is 0 Å². The lowest BCUT2D eigenvalue weighted by molar-refractivity contribution is 0.437. The lowest BCUT2D eigenvalue weighted by Crippen LogP contribution is -1.96. The third kappa shape index (κ3) is 1.99. The number of nitrogens with two attached hydrogens (primary N) is 1. The van der Waals surface area contributed by atoms with Crippen molar-refractivity contribution in [1.82, 2.24) is 4.98 Å². The van der Waals surface area contributed by atoms with Gasteiger partial charge in [-0.15, -0.1) is 0 Å². The smallest absolute Gasteiger partial charge is 0.197 e. The van der Waals surface area contributed by atoms with Gasteiger partial charge in [0, 0.05) is 11.5 Å². The summed E-state index contributed by atoms with van der Waals surface area (Å²) >= 11 is 0. The molecule has 0 radical (unpaired) electrons. The molecule has 3 heteroatoms. The Kier molecular flexibility index (Phi) is 3.06. The molecular formula is C13H16N2O. The van der Waals surface area contributed by atoms with Gasteiger partial charge in [-0.05, 0) is 0 Å². The molecule has 1 aromatic heterocycles. The Morgan fingerprint density at radius 1 is 1.25 bits per heavy atom. The highest BCUT2D eigenvalue weighted by molar-refractivity contribution is 5.61. The molecule has 2 aromatic rings. The van der Waals surface area contributed by atoms with Crippen LogP contribution in [0, 0.1) is 0 Å². The second-order valence-electron chi connectivity index (χ2n) is 4.05. The minimum Gasteiger partial charge on any atom is -0.443 e. The number of rotatable bonds is 3. The van der Waals surface area contributed by atoms with Crippen LogP contribution in [0.4, 0.5) is 0 Å². The van der Waals surface area contributed by atoms with E-state index in [-0.39, 0.29) is 5.92 Å². The van der Waals surface area contributed by atoms with Crippen LogP contribution in [0.15, 0.2) is 34.7 Å². The van der Waals surface area contributed by atoms with Gasteiger partial charge in [-0.25, -0.2) is 4.98 Å². The van der Waals surface area contributed by atoms with Crippen molar-refractivity contribution in [2.45, 2.75) is 26.3 Å². The monoisotopic (exact) mass is 216 g/mol. The van der Waals surface area contributed by atoms with Crippen molar-refractivity contribution >= 4 is 0 Å². The molecule has 2 rings (SSSR count). The Hall–Kier alpha value is -1.61. The van der Waals surface area contributed by atoms with Crippen molar-refractivity contribution in [2.75, 3.05) is 0 Å². The normalized spacial score (nSPS) is 11.0. The Morgan fingerprint density at radius 2 is 1.94 bits per heavy atom. The highest BCUT2D eigenvalue weighted by Crippen LogP contribution is 2.26. The van der Waals surface area contributed by atoms with Gasteiger partial charge < -0.3 is 10.2 Å². The summed E-state index contributed by atoms with van der Waals surface area (Å²) in [5, 5.41) is 0. The summed E-state index contributed by atoms with van der Waals surface area (Å²) in [7, 11) is 0. The summed E-state index contributed by atoms with van der Waals surface area (Å²) in [5.74, 6) is 1.79. The van der Waals surface area contributed by atoms with Gasteiger partial charge in [0.15, 0.2) is 5.89 Å². The number of benzene rings is 1. The van der Waals surface area contributed by atoms with E-state index >= 15 is 0 Å². The third-order valence-electron chi connectivity index (χ3n) is 2.44. The van der Waals surface area contributed by atoms with Crippen molar-refractivity contribution in [2.24, 2.45) is 5.73 Å². The lowest BCUT2D eigenvalue weighted by atomic mass is 10.1. The molecule has 0 saturated carbocycles. The number of hydrogen-bond donors (Lipinski definition) is 1. The molecule has 0 aliphatic carbocycles. The van der Waals surface area contributed by atoms with Crippen LogP contribution in [0.25, 0.3) is 11.3 Å². The van der Waals surface area contributed by atoms with Crippen molar-refractivity contribution in [1.29, 1.82) is 0 Å². The van der Waals surface area contributed by atoms with E-state index in [2.05, 4.69) is 18.8 Å². The SMILES string of the molecule is CC(C)c1nc(-c2ccccc2)c(CN)o1. The van der Waals surface area contributed by atoms with Gasteiger partial charge in [0.25, 0.3) is 0 Å². The fourth-order valence-corrected chi connectivity index (χ4v) is 1.58. The maximum absolute atomic E-state index is 5.67. The summed E-state index contributed by atoms with van der Waals surface area (Å²) in [5.41, 5.74) is 7.59. The van der Waals surface area contributed by atoms with Crippen LogP contribution in [-0.2, 0) is 6.54 Å². The number of nitrogens with zero attached hydrogens (tertiary/aromatic N) is 1. The van der Waals surface area contributed by atoms with Gasteiger partial charge in [0.1, 0.15) is 11.5 Å². The van der Waals surface area contributed by atoms with Gasteiger partial charge in [0.05, 0.1) is 6.54 Å². The van der Waals surface area contributed by atoms with Crippen LogP contribution >= 0.6 is 0 Å². The van der Waals surface area contributed by atoms with Gasteiger partial charge in [-0.2, -0.15) is 0 Å². The summed E-state index contributed by atoms with van der Waals surface area (Å²) in [6.07, 6.45) is 0. The summed E-state index contributed by atoms with van der Waals surface area (Å²) in [4.78, 5) is 4.50. The van der Waals surface area contributed by atoms with Crippen molar-refractivity contribution in [3.63, 3.8) is 0 Å². The molecule has 0 fully saturated rings. The number of hydrogen-bond acceptors (Lipinski definition) is 3. The number of aromatic nitrogens is 1. The Labute approximate surface area is 95.3 Å². The average Bonchev–Trinajstić information content (AvgIpc) is 2.74. The molecule has 0 atom stereocenters. The molecule has 1 aromatic carbocycles. The largest absolute Gasteiger partial charge is 0.443 e. The molecule has 0 bridgehead atoms. The van der Waals surface area contributed by atoms with E-state index in [0.29, 0.717) is 6.54 Å². The summed E-state index contributed by atoms with van der Waals surface area (Å²) in [6.45, 7) is 4.49. The zero-order valence-corrected chi connectivity index (χ0v) is 9.60. The first kappa shape index (κ1) is 10.9. The minimum atomic E-state index is 0.280. The molecule has 0 aliphatic heterocycles. The van der Waals surface area contributed by atoms with E-state index in [1.807, 2.05) is 30.3 Å². The fraction of sp³-hybridized carbons (Fsp3) is 0.308. The topological polar surface area (TPSA) is 52.0 Å². The predicted octanol–water partition coefficient (Wildman–Crippen LogP) is 2.92. The second kappa shape index (κ2) is 4.49. The second-order valence-corrected chi connectivity index (χ2v) is 4.05. The molecule has 0 saturated heterocycles. The molecule has 1 heterocycles. The fourth-order valence-electron chi connectivity index (χ4n) is 1.58. The number of oxazole rings is 1. The highest BCUT2D eigenvalue weighted by atomic mass is 16.4. The van der Waals surface area contributed by atoms with Crippen LogP contribution in [0.3, 0.4) is 0 Å². The van der Waals surface area contributed by atoms with Gasteiger partial charge >= 0.3 is 0 Å². The molecule has 0 unspecified atom stereocenters. The lowest BCUT2D eigenvalue weighted by Gasteiger charge is -1.97. The first-order valence-electron chi connectivity index (χ1n) is 5.47. The van der Waals surface area contributed by atoms with Crippen LogP contribution in [0.5, 0.6) is 0 Å². The van der Waals surface area contributed by atoms with Crippen molar-refractivity contribution in [3.05, 3.63) is 42.0 Å². The van der Waals surface area contributed by atoms with Gasteiger partial charge in [-0.3, -0.25) is 0 Å². The predicted molar refractivity (Wildman–Crippen MR) is 63.9 cm³/mol. The van der Waals surface area contributed by atoms with Crippen LogP contribution in [0.1, 0.15) is 31.4 Å². The average molecular weight is 216 g/mol. The standard InChI is InChI=1S/C13H16N2O/c1-9(2)13-15-12(11(8-14)16-13)10-6-4-3-5-7-10/h3-7,9H,8,14H2,1-2H3. The quantitative estimate of drug-likeness (QED) is 0.858. The van der Waals surface area contributed by atoms with Gasteiger partial charge in [0.2, 0.25) is 0 Å². The summed E-state index contributed by atoms with van der Waals surface area (Å²) in [6, 6.07) is 9.98. The van der Waals surface area contributed by atoms with E-state index in [1.54, 1.807) is 0 Å². The van der Waals surface area contributed by atoms with E-state index in [0.717, 1.165) is 22.9 Å². The zero-order valence-electron chi connectivity index (χ0n) is 9.60. The third-order valence-corrected chi connectivity index (χ3v) is 2.44. The van der Waals surface area contributed by atoms with E-state index in [4.69, 9.17) is 10.2 Å². The van der Waals surface area contributed by atoms with E-state index in [9.17, 15) is 0 Å². The highest BCUT2D eigenvalue weighted by Gasteiger charge is 2.15. The molecule has 0 aliphatic rings. The van der Waals surface area contributed by atoms with Crippen molar-refractivity contribution in [3.8, 4) is 11.3 Å². The molecule has 84 valence electrons. The molecule has 3 nitrogen and oxygen atoms in total. The molecule has 2 N–H and O–H groups in total. The Morgan fingerprint density at radius 3 is 2.50 bits per heavy atom. The van der Waals surface area contributed by atoms with Crippen LogP contribution < -0.4 is 5.73 Å². The molecule has 0 spiro atoms. The molecule has 16 heavy (non-hydrogen) atoms. The Balaban J connectivity index is 2.48. The van der Waals surface area contributed by atoms with Gasteiger partial charge in [-0.1, -0.05) is 44.2 Å².